The average Bonchev–Trinajstić information content (AvgIpc) is 3.29. The molecular weight excluding hydrogens is 356 g/mol. The van der Waals surface area contributed by atoms with Gasteiger partial charge in [-0.1, -0.05) is 0 Å². The summed E-state index contributed by atoms with van der Waals surface area (Å²) in [5, 5.41) is 10.3. The van der Waals surface area contributed by atoms with Gasteiger partial charge in [0.15, 0.2) is 0 Å². The number of nitrogens with one attached hydrogen (secondary N) is 2. The van der Waals surface area contributed by atoms with E-state index >= 15 is 0 Å². The van der Waals surface area contributed by atoms with Crippen LogP contribution in [0.1, 0.15) is 56.4 Å². The number of carbonyl (C=O) groups is 2. The maximum absolute atomic E-state index is 12.9. The number of amides is 2. The monoisotopic (exact) mass is 382 g/mol. The first kappa shape index (κ1) is 18.7. The second-order valence-electron chi connectivity index (χ2n) is 7.80. The lowest BCUT2D eigenvalue weighted by Crippen LogP contribution is -2.25. The standard InChI is InChI=1S/C21H26N4O3/c1-13(2)25-12-15(11-22-25)20-17(8-9-28-20)21(27)23-16-6-7-18-14(10-16)4-3-5-19(26)24-18/h6-7,10-13,17,20H,3-5,8-9H2,1-2H3,(H,23,27)(H,24,26)/t17-,20+/m0/s1. The highest BCUT2D eigenvalue weighted by atomic mass is 16.5. The van der Waals surface area contributed by atoms with Crippen LogP contribution in [0.5, 0.6) is 0 Å². The van der Waals surface area contributed by atoms with Gasteiger partial charge in [0.1, 0.15) is 0 Å². The van der Waals surface area contributed by atoms with Gasteiger partial charge in [0.2, 0.25) is 11.8 Å². The number of benzene rings is 1. The van der Waals surface area contributed by atoms with Crippen molar-refractivity contribution in [1.29, 1.82) is 0 Å². The molecule has 2 aromatic rings. The number of hydrogen-bond donors (Lipinski definition) is 2. The lowest BCUT2D eigenvalue weighted by molar-refractivity contribution is -0.121. The van der Waals surface area contributed by atoms with Crippen LogP contribution in [0.4, 0.5) is 11.4 Å². The molecule has 148 valence electrons. The minimum Gasteiger partial charge on any atom is -0.373 e. The fourth-order valence-corrected chi connectivity index (χ4v) is 3.86. The van der Waals surface area contributed by atoms with E-state index in [0.29, 0.717) is 19.4 Å². The van der Waals surface area contributed by atoms with E-state index in [4.69, 9.17) is 4.74 Å². The van der Waals surface area contributed by atoms with Gasteiger partial charge in [-0.15, -0.1) is 0 Å². The second-order valence-corrected chi connectivity index (χ2v) is 7.80. The van der Waals surface area contributed by atoms with Crippen LogP contribution in [0.2, 0.25) is 0 Å². The van der Waals surface area contributed by atoms with E-state index < -0.39 is 0 Å². The third kappa shape index (κ3) is 3.80. The van der Waals surface area contributed by atoms with Gasteiger partial charge in [-0.25, -0.2) is 0 Å². The number of aryl methyl sites for hydroxylation is 1. The lowest BCUT2D eigenvalue weighted by Gasteiger charge is -2.18. The molecule has 4 rings (SSSR count). The molecule has 2 amide bonds. The molecule has 7 heteroatoms. The van der Waals surface area contributed by atoms with E-state index in [2.05, 4.69) is 29.6 Å². The van der Waals surface area contributed by atoms with Crippen LogP contribution in [0.15, 0.2) is 30.6 Å². The Bertz CT molecular complexity index is 890. The molecule has 2 aliphatic rings. The SMILES string of the molecule is CC(C)n1cc([C@H]2OCC[C@@H]2C(=O)Nc2ccc3c(c2)CCCC(=O)N3)cn1. The van der Waals surface area contributed by atoms with Gasteiger partial charge in [0.05, 0.1) is 18.2 Å². The summed E-state index contributed by atoms with van der Waals surface area (Å²) in [4.78, 5) is 24.6. The molecular formula is C21H26N4O3. The topological polar surface area (TPSA) is 85.2 Å². The molecule has 1 aromatic heterocycles. The minimum absolute atomic E-state index is 0.0441. The summed E-state index contributed by atoms with van der Waals surface area (Å²) in [6.45, 7) is 4.69. The summed E-state index contributed by atoms with van der Waals surface area (Å²) in [6, 6.07) is 5.93. The quantitative estimate of drug-likeness (QED) is 0.848. The number of fused-ring (bicyclic) bond motifs is 1. The molecule has 1 aromatic carbocycles. The van der Waals surface area contributed by atoms with E-state index in [1.165, 1.54) is 0 Å². The van der Waals surface area contributed by atoms with Crippen molar-refractivity contribution in [3.8, 4) is 0 Å². The number of aromatic nitrogens is 2. The Balaban J connectivity index is 1.48. The van der Waals surface area contributed by atoms with Gasteiger partial charge in [-0.05, 0) is 56.9 Å². The molecule has 1 saturated heterocycles. The Morgan fingerprint density at radius 2 is 2.21 bits per heavy atom. The Labute approximate surface area is 164 Å². The van der Waals surface area contributed by atoms with Crippen LogP contribution in [-0.2, 0) is 20.7 Å². The molecule has 2 N–H and O–H groups in total. The zero-order valence-corrected chi connectivity index (χ0v) is 16.3. The zero-order valence-electron chi connectivity index (χ0n) is 16.3. The highest BCUT2D eigenvalue weighted by molar-refractivity contribution is 5.95. The van der Waals surface area contributed by atoms with Crippen molar-refractivity contribution in [2.75, 3.05) is 17.2 Å². The number of hydrogen-bond acceptors (Lipinski definition) is 4. The molecule has 3 heterocycles. The van der Waals surface area contributed by atoms with Crippen molar-refractivity contribution in [2.24, 2.45) is 5.92 Å². The Morgan fingerprint density at radius 3 is 3.00 bits per heavy atom. The fraction of sp³-hybridized carbons (Fsp3) is 0.476. The summed E-state index contributed by atoms with van der Waals surface area (Å²) < 4.78 is 7.74. The van der Waals surface area contributed by atoms with Gasteiger partial charge < -0.3 is 15.4 Å². The summed E-state index contributed by atoms with van der Waals surface area (Å²) in [5.74, 6) is -0.246. The predicted molar refractivity (Wildman–Crippen MR) is 106 cm³/mol. The molecule has 28 heavy (non-hydrogen) atoms. The molecule has 2 aliphatic heterocycles. The highest BCUT2D eigenvalue weighted by Crippen LogP contribution is 2.36. The fourth-order valence-electron chi connectivity index (χ4n) is 3.86. The first-order valence-electron chi connectivity index (χ1n) is 9.90. The smallest absolute Gasteiger partial charge is 0.230 e. The van der Waals surface area contributed by atoms with Gasteiger partial charge in [-0.2, -0.15) is 5.10 Å². The van der Waals surface area contributed by atoms with E-state index in [0.717, 1.165) is 35.3 Å². The van der Waals surface area contributed by atoms with Crippen LogP contribution in [0, 0.1) is 5.92 Å². The number of rotatable bonds is 4. The Hall–Kier alpha value is -2.67. The summed E-state index contributed by atoms with van der Waals surface area (Å²) in [7, 11) is 0. The van der Waals surface area contributed by atoms with Crippen LogP contribution in [0.25, 0.3) is 0 Å². The Morgan fingerprint density at radius 1 is 1.36 bits per heavy atom. The molecule has 0 spiro atoms. The molecule has 0 aliphatic carbocycles. The van der Waals surface area contributed by atoms with E-state index in [1.54, 1.807) is 6.20 Å². The summed E-state index contributed by atoms with van der Waals surface area (Å²) in [6.07, 6.45) is 6.34. The van der Waals surface area contributed by atoms with Crippen molar-refractivity contribution in [1.82, 2.24) is 9.78 Å². The van der Waals surface area contributed by atoms with Gasteiger partial charge in [0.25, 0.3) is 0 Å². The largest absolute Gasteiger partial charge is 0.373 e. The number of ether oxygens (including phenoxy) is 1. The van der Waals surface area contributed by atoms with Crippen LogP contribution in [0.3, 0.4) is 0 Å². The van der Waals surface area contributed by atoms with E-state index in [1.807, 2.05) is 29.1 Å². The van der Waals surface area contributed by atoms with Crippen molar-refractivity contribution < 1.29 is 14.3 Å². The van der Waals surface area contributed by atoms with Gasteiger partial charge >= 0.3 is 0 Å². The zero-order chi connectivity index (χ0) is 19.7. The molecule has 1 fully saturated rings. The van der Waals surface area contributed by atoms with E-state index in [-0.39, 0.29) is 29.9 Å². The average molecular weight is 382 g/mol. The third-order valence-corrected chi connectivity index (χ3v) is 5.40. The van der Waals surface area contributed by atoms with Crippen molar-refractivity contribution in [3.63, 3.8) is 0 Å². The number of anilines is 2. The predicted octanol–water partition coefficient (Wildman–Crippen LogP) is 3.46. The van der Waals surface area contributed by atoms with Gasteiger partial charge in [0, 0.05) is 42.2 Å². The van der Waals surface area contributed by atoms with Crippen LogP contribution in [-0.4, -0.2) is 28.2 Å². The third-order valence-electron chi connectivity index (χ3n) is 5.40. The van der Waals surface area contributed by atoms with E-state index in [9.17, 15) is 9.59 Å². The second kappa shape index (κ2) is 7.75. The first-order valence-corrected chi connectivity index (χ1v) is 9.90. The normalized spacial score (nSPS) is 21.9. The number of carbonyl (C=O) groups excluding carboxylic acids is 2. The Kier molecular flexibility index (Phi) is 5.17. The summed E-state index contributed by atoms with van der Waals surface area (Å²) in [5.41, 5.74) is 3.59. The molecule has 0 unspecified atom stereocenters. The molecule has 0 radical (unpaired) electrons. The van der Waals surface area contributed by atoms with Crippen LogP contribution >= 0.6 is 0 Å². The van der Waals surface area contributed by atoms with Crippen molar-refractivity contribution in [3.05, 3.63) is 41.7 Å². The lowest BCUT2D eigenvalue weighted by atomic mass is 9.96. The van der Waals surface area contributed by atoms with Crippen molar-refractivity contribution >= 4 is 23.2 Å². The first-order chi connectivity index (χ1) is 13.5. The molecule has 0 saturated carbocycles. The highest BCUT2D eigenvalue weighted by Gasteiger charge is 2.36. The summed E-state index contributed by atoms with van der Waals surface area (Å²) >= 11 is 0. The van der Waals surface area contributed by atoms with Crippen molar-refractivity contribution in [2.45, 2.75) is 51.7 Å². The number of nitrogens with zero attached hydrogens (tertiary/aromatic N) is 2. The molecule has 2 atom stereocenters. The maximum atomic E-state index is 12.9. The van der Waals surface area contributed by atoms with Gasteiger partial charge in [-0.3, -0.25) is 14.3 Å². The maximum Gasteiger partial charge on any atom is 0.230 e. The minimum atomic E-state index is -0.271. The molecule has 7 nitrogen and oxygen atoms in total. The molecule has 0 bridgehead atoms. The van der Waals surface area contributed by atoms with Crippen LogP contribution < -0.4 is 10.6 Å².